The van der Waals surface area contributed by atoms with Crippen LogP contribution in [0.25, 0.3) is 0 Å². The molecule has 0 aliphatic carbocycles. The monoisotopic (exact) mass is 327 g/mol. The highest BCUT2D eigenvalue weighted by Gasteiger charge is 2.17. The molecular weight excluding hydrogens is 317 g/mol. The van der Waals surface area contributed by atoms with Crippen molar-refractivity contribution in [1.29, 1.82) is 0 Å². The molecule has 0 spiro atoms. The van der Waals surface area contributed by atoms with Gasteiger partial charge in [-0.3, -0.25) is 0 Å². The van der Waals surface area contributed by atoms with Gasteiger partial charge in [-0.15, -0.1) is 0 Å². The largest absolute Gasteiger partial charge is 0.309 e. The Hall–Kier alpha value is -0.900. The van der Waals surface area contributed by atoms with Crippen LogP contribution in [0.4, 0.5) is 4.39 Å². The van der Waals surface area contributed by atoms with Crippen molar-refractivity contribution >= 4 is 27.5 Å². The van der Waals surface area contributed by atoms with Crippen LogP contribution in [0.2, 0.25) is 5.02 Å². The summed E-state index contributed by atoms with van der Waals surface area (Å²) in [5, 5.41) is 3.79. The third-order valence-corrected chi connectivity index (χ3v) is 3.65. The fraction of sp³-hybridized carbons (Fsp3) is 0.143. The standard InChI is InChI=1S/C14H12BrClFN/c1-18-14(9-5-7-10(16)8-6-9)11-3-2-4-12(15)13(11)17/h2-8,14,18H,1H3. The van der Waals surface area contributed by atoms with E-state index in [0.29, 0.717) is 15.1 Å². The van der Waals surface area contributed by atoms with Crippen molar-refractivity contribution in [3.8, 4) is 0 Å². The summed E-state index contributed by atoms with van der Waals surface area (Å²) >= 11 is 9.06. The molecule has 0 bridgehead atoms. The van der Waals surface area contributed by atoms with Crippen molar-refractivity contribution in [3.05, 3.63) is 68.9 Å². The molecule has 1 nitrogen and oxygen atoms in total. The van der Waals surface area contributed by atoms with E-state index in [2.05, 4.69) is 21.2 Å². The minimum atomic E-state index is -0.244. The van der Waals surface area contributed by atoms with Gasteiger partial charge in [0, 0.05) is 10.6 Å². The molecule has 2 aromatic carbocycles. The maximum atomic E-state index is 14.1. The Morgan fingerprint density at radius 2 is 1.83 bits per heavy atom. The molecule has 0 fully saturated rings. The molecular formula is C14H12BrClFN. The van der Waals surface area contributed by atoms with Crippen LogP contribution in [0, 0.1) is 5.82 Å². The van der Waals surface area contributed by atoms with Gasteiger partial charge in [-0.05, 0) is 46.7 Å². The molecule has 1 unspecified atom stereocenters. The first-order valence-electron chi connectivity index (χ1n) is 5.50. The van der Waals surface area contributed by atoms with Crippen LogP contribution in [-0.2, 0) is 0 Å². The van der Waals surface area contributed by atoms with Crippen LogP contribution in [0.15, 0.2) is 46.9 Å². The SMILES string of the molecule is CNC(c1ccc(Cl)cc1)c1cccc(Br)c1F. The Balaban J connectivity index is 2.45. The zero-order valence-corrected chi connectivity index (χ0v) is 12.1. The topological polar surface area (TPSA) is 12.0 Å². The van der Waals surface area contributed by atoms with E-state index in [0.717, 1.165) is 5.56 Å². The van der Waals surface area contributed by atoms with Gasteiger partial charge in [-0.25, -0.2) is 4.39 Å². The van der Waals surface area contributed by atoms with Gasteiger partial charge in [0.2, 0.25) is 0 Å². The molecule has 0 saturated heterocycles. The molecule has 1 N–H and O–H groups in total. The summed E-state index contributed by atoms with van der Waals surface area (Å²) in [5.41, 5.74) is 1.58. The lowest BCUT2D eigenvalue weighted by molar-refractivity contribution is 0.571. The van der Waals surface area contributed by atoms with Crippen molar-refractivity contribution in [2.45, 2.75) is 6.04 Å². The van der Waals surface area contributed by atoms with Gasteiger partial charge in [0.25, 0.3) is 0 Å². The third kappa shape index (κ3) is 2.74. The Morgan fingerprint density at radius 3 is 2.44 bits per heavy atom. The first-order chi connectivity index (χ1) is 8.63. The first-order valence-corrected chi connectivity index (χ1v) is 6.67. The average molecular weight is 329 g/mol. The maximum absolute atomic E-state index is 14.1. The second kappa shape index (κ2) is 5.83. The molecule has 0 aliphatic heterocycles. The van der Waals surface area contributed by atoms with Gasteiger partial charge in [0.1, 0.15) is 5.82 Å². The van der Waals surface area contributed by atoms with Crippen LogP contribution in [-0.4, -0.2) is 7.05 Å². The molecule has 0 radical (unpaired) electrons. The lowest BCUT2D eigenvalue weighted by atomic mass is 9.98. The lowest BCUT2D eigenvalue weighted by Crippen LogP contribution is -2.19. The molecule has 0 aliphatic rings. The highest BCUT2D eigenvalue weighted by Crippen LogP contribution is 2.28. The Morgan fingerprint density at radius 1 is 1.17 bits per heavy atom. The maximum Gasteiger partial charge on any atom is 0.142 e. The van der Waals surface area contributed by atoms with Gasteiger partial charge in [0.15, 0.2) is 0 Å². The number of hydrogen-bond acceptors (Lipinski definition) is 1. The molecule has 0 heterocycles. The lowest BCUT2D eigenvalue weighted by Gasteiger charge is -2.18. The molecule has 18 heavy (non-hydrogen) atoms. The molecule has 2 aromatic rings. The van der Waals surface area contributed by atoms with Crippen LogP contribution in [0.5, 0.6) is 0 Å². The van der Waals surface area contributed by atoms with Crippen molar-refractivity contribution in [1.82, 2.24) is 5.32 Å². The molecule has 2 rings (SSSR count). The van der Waals surface area contributed by atoms with Gasteiger partial charge >= 0.3 is 0 Å². The molecule has 94 valence electrons. The summed E-state index contributed by atoms with van der Waals surface area (Å²) in [6, 6.07) is 12.5. The minimum absolute atomic E-state index is 0.195. The molecule has 0 saturated carbocycles. The van der Waals surface area contributed by atoms with Gasteiger partial charge in [-0.2, -0.15) is 0 Å². The van der Waals surface area contributed by atoms with E-state index < -0.39 is 0 Å². The van der Waals surface area contributed by atoms with E-state index >= 15 is 0 Å². The highest BCUT2D eigenvalue weighted by atomic mass is 79.9. The van der Waals surface area contributed by atoms with Crippen molar-refractivity contribution in [2.24, 2.45) is 0 Å². The van der Waals surface area contributed by atoms with Gasteiger partial charge < -0.3 is 5.32 Å². The average Bonchev–Trinajstić information content (AvgIpc) is 2.37. The van der Waals surface area contributed by atoms with Crippen LogP contribution in [0.1, 0.15) is 17.2 Å². The fourth-order valence-electron chi connectivity index (χ4n) is 1.90. The normalized spacial score (nSPS) is 12.4. The molecule has 4 heteroatoms. The third-order valence-electron chi connectivity index (χ3n) is 2.78. The molecule has 0 amide bonds. The number of halogens is 3. The summed E-state index contributed by atoms with van der Waals surface area (Å²) in [7, 11) is 1.81. The summed E-state index contributed by atoms with van der Waals surface area (Å²) in [5.74, 6) is -0.244. The van der Waals surface area contributed by atoms with Crippen molar-refractivity contribution < 1.29 is 4.39 Å². The van der Waals surface area contributed by atoms with E-state index in [1.54, 1.807) is 31.3 Å². The smallest absolute Gasteiger partial charge is 0.142 e. The van der Waals surface area contributed by atoms with Gasteiger partial charge in [0.05, 0.1) is 10.5 Å². The Bertz CT molecular complexity index is 542. The van der Waals surface area contributed by atoms with Crippen LogP contribution >= 0.6 is 27.5 Å². The van der Waals surface area contributed by atoms with E-state index in [1.807, 2.05) is 18.2 Å². The summed E-state index contributed by atoms with van der Waals surface area (Å²) in [4.78, 5) is 0. The van der Waals surface area contributed by atoms with Crippen LogP contribution < -0.4 is 5.32 Å². The number of benzene rings is 2. The van der Waals surface area contributed by atoms with E-state index in [4.69, 9.17) is 11.6 Å². The Kier molecular flexibility index (Phi) is 4.38. The zero-order valence-electron chi connectivity index (χ0n) is 9.75. The van der Waals surface area contributed by atoms with E-state index in [9.17, 15) is 4.39 Å². The predicted molar refractivity (Wildman–Crippen MR) is 76.5 cm³/mol. The summed E-state index contributed by atoms with van der Waals surface area (Å²) in [6.07, 6.45) is 0. The molecule has 1 atom stereocenters. The van der Waals surface area contributed by atoms with Crippen molar-refractivity contribution in [3.63, 3.8) is 0 Å². The summed E-state index contributed by atoms with van der Waals surface area (Å²) < 4.78 is 14.6. The second-order valence-electron chi connectivity index (χ2n) is 3.92. The second-order valence-corrected chi connectivity index (χ2v) is 5.21. The van der Waals surface area contributed by atoms with E-state index in [1.165, 1.54) is 0 Å². The van der Waals surface area contributed by atoms with E-state index in [-0.39, 0.29) is 11.9 Å². The summed E-state index contributed by atoms with van der Waals surface area (Å²) in [6.45, 7) is 0. The quantitative estimate of drug-likeness (QED) is 0.871. The number of nitrogens with one attached hydrogen (secondary N) is 1. The van der Waals surface area contributed by atoms with Crippen molar-refractivity contribution in [2.75, 3.05) is 7.05 Å². The molecule has 0 aromatic heterocycles. The van der Waals surface area contributed by atoms with Gasteiger partial charge in [-0.1, -0.05) is 35.9 Å². The first kappa shape index (κ1) is 13.5. The predicted octanol–water partition coefficient (Wildman–Crippen LogP) is 4.55. The number of rotatable bonds is 3. The Labute approximate surface area is 119 Å². The van der Waals surface area contributed by atoms with Crippen LogP contribution in [0.3, 0.4) is 0 Å². The highest BCUT2D eigenvalue weighted by molar-refractivity contribution is 9.10. The number of hydrogen-bond donors (Lipinski definition) is 1. The zero-order chi connectivity index (χ0) is 13.1. The fourth-order valence-corrected chi connectivity index (χ4v) is 2.41. The minimum Gasteiger partial charge on any atom is -0.309 e.